The lowest BCUT2D eigenvalue weighted by molar-refractivity contribution is -0.116. The number of ketones is 1. The van der Waals surface area contributed by atoms with Crippen molar-refractivity contribution in [3.63, 3.8) is 0 Å². The lowest BCUT2D eigenvalue weighted by Gasteiger charge is -2.34. The second-order valence-corrected chi connectivity index (χ2v) is 8.36. The standard InChI is InChI=1S/C22H23ClN4O2/c23-14-8-3-2-7-13(14)17-18-15(9-6-10-16(18)28)24-20-19(17)21(29)26-22(25-20)27-11-4-1-5-12-27/h2-3,7-8,17H,1,4-6,9-12H2,(H2,24,25,26,29). The first-order chi connectivity index (χ1) is 14.1. The van der Waals surface area contributed by atoms with E-state index in [0.717, 1.165) is 50.0 Å². The lowest BCUT2D eigenvalue weighted by Crippen LogP contribution is -2.36. The first-order valence-electron chi connectivity index (χ1n) is 10.3. The number of aromatic nitrogens is 2. The van der Waals surface area contributed by atoms with Crippen molar-refractivity contribution < 1.29 is 4.79 Å². The minimum absolute atomic E-state index is 0.0776. The van der Waals surface area contributed by atoms with Gasteiger partial charge in [-0.25, -0.2) is 0 Å². The van der Waals surface area contributed by atoms with Gasteiger partial charge in [0.25, 0.3) is 5.56 Å². The number of nitrogens with zero attached hydrogens (tertiary/aromatic N) is 2. The Balaban J connectivity index is 1.69. The van der Waals surface area contributed by atoms with E-state index in [-0.39, 0.29) is 11.3 Å². The third-order valence-electron chi connectivity index (χ3n) is 6.12. The van der Waals surface area contributed by atoms with Gasteiger partial charge in [-0.2, -0.15) is 4.98 Å². The maximum atomic E-state index is 13.3. The summed E-state index contributed by atoms with van der Waals surface area (Å²) in [4.78, 5) is 36.0. The highest BCUT2D eigenvalue weighted by Crippen LogP contribution is 2.45. The van der Waals surface area contributed by atoms with Gasteiger partial charge in [0.2, 0.25) is 5.95 Å². The van der Waals surface area contributed by atoms with Crippen molar-refractivity contribution in [2.45, 2.75) is 44.4 Å². The van der Waals surface area contributed by atoms with Gasteiger partial charge in [0.15, 0.2) is 5.78 Å². The van der Waals surface area contributed by atoms with Gasteiger partial charge < -0.3 is 10.2 Å². The van der Waals surface area contributed by atoms with Crippen LogP contribution in [0.1, 0.15) is 55.6 Å². The van der Waals surface area contributed by atoms with Crippen LogP contribution in [0.5, 0.6) is 0 Å². The van der Waals surface area contributed by atoms with Gasteiger partial charge in [0.05, 0.1) is 5.56 Å². The van der Waals surface area contributed by atoms with Crippen molar-refractivity contribution in [1.82, 2.24) is 9.97 Å². The van der Waals surface area contributed by atoms with Crippen LogP contribution >= 0.6 is 11.6 Å². The summed E-state index contributed by atoms with van der Waals surface area (Å²) in [5, 5.41) is 3.88. The molecule has 6 nitrogen and oxygen atoms in total. The van der Waals surface area contributed by atoms with Crippen molar-refractivity contribution in [2.75, 3.05) is 23.3 Å². The van der Waals surface area contributed by atoms with Crippen LogP contribution in [0.3, 0.4) is 0 Å². The minimum atomic E-state index is -0.491. The zero-order chi connectivity index (χ0) is 20.0. The van der Waals surface area contributed by atoms with Gasteiger partial charge in [-0.15, -0.1) is 0 Å². The number of nitrogens with one attached hydrogen (secondary N) is 2. The van der Waals surface area contributed by atoms with Crippen molar-refractivity contribution in [3.8, 4) is 0 Å². The number of halogens is 1. The van der Waals surface area contributed by atoms with E-state index < -0.39 is 5.92 Å². The summed E-state index contributed by atoms with van der Waals surface area (Å²) in [7, 11) is 0. The number of rotatable bonds is 2. The van der Waals surface area contributed by atoms with Gasteiger partial charge >= 0.3 is 0 Å². The smallest absolute Gasteiger partial charge is 0.258 e. The van der Waals surface area contributed by atoms with Crippen molar-refractivity contribution in [1.29, 1.82) is 0 Å². The Morgan fingerprint density at radius 2 is 1.83 bits per heavy atom. The molecule has 29 heavy (non-hydrogen) atoms. The number of carbonyl (C=O) groups is 1. The molecule has 5 rings (SSSR count). The quantitative estimate of drug-likeness (QED) is 0.783. The molecule has 1 saturated heterocycles. The summed E-state index contributed by atoms with van der Waals surface area (Å²) in [6.07, 6.45) is 5.47. The molecule has 0 radical (unpaired) electrons. The molecule has 2 aliphatic heterocycles. The molecular formula is C22H23ClN4O2. The predicted octanol–water partition coefficient (Wildman–Crippen LogP) is 3.98. The zero-order valence-corrected chi connectivity index (χ0v) is 16.9. The number of anilines is 2. The van der Waals surface area contributed by atoms with Crippen LogP contribution in [0, 0.1) is 0 Å². The number of aromatic amines is 1. The van der Waals surface area contributed by atoms with E-state index in [2.05, 4.69) is 15.2 Å². The van der Waals surface area contributed by atoms with Crippen LogP contribution in [0.15, 0.2) is 40.3 Å². The molecule has 7 heteroatoms. The molecule has 1 aromatic heterocycles. The van der Waals surface area contributed by atoms with E-state index in [0.29, 0.717) is 34.3 Å². The fourth-order valence-electron chi connectivity index (χ4n) is 4.72. The lowest BCUT2D eigenvalue weighted by atomic mass is 9.76. The molecule has 3 aliphatic rings. The predicted molar refractivity (Wildman–Crippen MR) is 114 cm³/mol. The molecule has 2 N–H and O–H groups in total. The van der Waals surface area contributed by atoms with Gasteiger partial charge in [-0.3, -0.25) is 14.6 Å². The fourth-order valence-corrected chi connectivity index (χ4v) is 4.97. The van der Waals surface area contributed by atoms with Crippen LogP contribution in [-0.2, 0) is 4.79 Å². The summed E-state index contributed by atoms with van der Waals surface area (Å²) in [6, 6.07) is 7.44. The van der Waals surface area contributed by atoms with Crippen LogP contribution in [-0.4, -0.2) is 28.8 Å². The molecule has 0 bridgehead atoms. The van der Waals surface area contributed by atoms with E-state index in [1.54, 1.807) is 6.07 Å². The van der Waals surface area contributed by atoms with E-state index in [4.69, 9.17) is 16.6 Å². The molecule has 3 heterocycles. The Bertz CT molecular complexity index is 1070. The van der Waals surface area contributed by atoms with Crippen LogP contribution in [0.2, 0.25) is 5.02 Å². The van der Waals surface area contributed by atoms with Crippen molar-refractivity contribution >= 4 is 29.2 Å². The summed E-state index contributed by atoms with van der Waals surface area (Å²) >= 11 is 6.51. The number of hydrogen-bond donors (Lipinski definition) is 2. The monoisotopic (exact) mass is 410 g/mol. The van der Waals surface area contributed by atoms with Gasteiger partial charge in [0, 0.05) is 41.7 Å². The number of allylic oxidation sites excluding steroid dienone is 2. The Labute approximate surface area is 174 Å². The number of Topliss-reactive ketones (excluding diaryl/α,β-unsaturated/α-hetero) is 1. The SMILES string of the molecule is O=C1CCCC2=C1C(c1ccccc1Cl)c1c(nc(N3CCCCC3)[nH]c1=O)N2. The van der Waals surface area contributed by atoms with E-state index in [1.165, 1.54) is 6.42 Å². The molecule has 1 unspecified atom stereocenters. The molecule has 0 spiro atoms. The van der Waals surface area contributed by atoms with Crippen molar-refractivity contribution in [3.05, 3.63) is 62.0 Å². The van der Waals surface area contributed by atoms with Gasteiger partial charge in [-0.05, 0) is 43.7 Å². The van der Waals surface area contributed by atoms with Gasteiger partial charge in [-0.1, -0.05) is 29.8 Å². The summed E-state index contributed by atoms with van der Waals surface area (Å²) in [5.74, 6) is 0.737. The van der Waals surface area contributed by atoms with Crippen LogP contribution < -0.4 is 15.8 Å². The third kappa shape index (κ3) is 3.15. The largest absolute Gasteiger partial charge is 0.343 e. The minimum Gasteiger partial charge on any atom is -0.343 e. The van der Waals surface area contributed by atoms with Crippen LogP contribution in [0.25, 0.3) is 0 Å². The maximum Gasteiger partial charge on any atom is 0.258 e. The normalized spacial score (nSPS) is 21.5. The molecule has 0 amide bonds. The Morgan fingerprint density at radius 3 is 2.62 bits per heavy atom. The number of piperidine rings is 1. The topological polar surface area (TPSA) is 78.1 Å². The third-order valence-corrected chi connectivity index (χ3v) is 6.46. The summed E-state index contributed by atoms with van der Waals surface area (Å²) < 4.78 is 0. The molecule has 1 fully saturated rings. The second-order valence-electron chi connectivity index (χ2n) is 7.95. The molecule has 1 atom stereocenters. The zero-order valence-electron chi connectivity index (χ0n) is 16.1. The molecule has 1 aliphatic carbocycles. The van der Waals surface area contributed by atoms with Crippen molar-refractivity contribution in [2.24, 2.45) is 0 Å². The van der Waals surface area contributed by atoms with E-state index >= 15 is 0 Å². The first kappa shape index (κ1) is 18.4. The molecule has 1 aromatic carbocycles. The summed E-state index contributed by atoms with van der Waals surface area (Å²) in [6.45, 7) is 1.78. The highest BCUT2D eigenvalue weighted by Gasteiger charge is 2.38. The van der Waals surface area contributed by atoms with E-state index in [9.17, 15) is 9.59 Å². The second kappa shape index (κ2) is 7.34. The number of carbonyl (C=O) groups excluding carboxylic acids is 1. The van der Waals surface area contributed by atoms with Crippen LogP contribution in [0.4, 0.5) is 11.8 Å². The molecule has 2 aromatic rings. The highest BCUT2D eigenvalue weighted by atomic mass is 35.5. The number of benzene rings is 1. The highest BCUT2D eigenvalue weighted by molar-refractivity contribution is 6.31. The first-order valence-corrected chi connectivity index (χ1v) is 10.7. The number of hydrogen-bond acceptors (Lipinski definition) is 5. The number of H-pyrrole nitrogens is 1. The van der Waals surface area contributed by atoms with Gasteiger partial charge in [0.1, 0.15) is 5.82 Å². The molecule has 150 valence electrons. The maximum absolute atomic E-state index is 13.3. The molecular weight excluding hydrogens is 388 g/mol. The Kier molecular flexibility index (Phi) is 4.66. The summed E-state index contributed by atoms with van der Waals surface area (Å²) in [5.41, 5.74) is 2.58. The average Bonchev–Trinajstić information content (AvgIpc) is 2.73. The number of fused-ring (bicyclic) bond motifs is 1. The van der Waals surface area contributed by atoms with E-state index in [1.807, 2.05) is 18.2 Å². The Hall–Kier alpha value is -2.60. The fraction of sp³-hybridized carbons (Fsp3) is 0.409. The average molecular weight is 411 g/mol. The molecule has 0 saturated carbocycles. The Morgan fingerprint density at radius 1 is 1.03 bits per heavy atom.